The standard InChI is InChI=1S/C24H22N4O5S/c1-4-33-24(31)16-5-9-17(10-6-16)26-19(29)13-28-23(30)21-22(34-14(2)25-21)20(27-28)15-7-11-18(32-3)12-8-15/h5-12H,4,13H2,1-3H3,(H,26,29). The second kappa shape index (κ2) is 9.84. The molecule has 0 unspecified atom stereocenters. The molecule has 174 valence electrons. The van der Waals surface area contributed by atoms with Crippen LogP contribution in [0.1, 0.15) is 22.3 Å². The van der Waals surface area contributed by atoms with Crippen LogP contribution in [0.25, 0.3) is 21.5 Å². The number of carbonyl (C=O) groups excluding carboxylic acids is 2. The predicted octanol–water partition coefficient (Wildman–Crippen LogP) is 3.65. The fraction of sp³-hybridized carbons (Fsp3) is 0.208. The van der Waals surface area contributed by atoms with Crippen molar-refractivity contribution in [1.82, 2.24) is 14.8 Å². The molecule has 2 aromatic heterocycles. The quantitative estimate of drug-likeness (QED) is 0.404. The minimum Gasteiger partial charge on any atom is -0.497 e. The number of methoxy groups -OCH3 is 1. The van der Waals surface area contributed by atoms with Gasteiger partial charge in [-0.2, -0.15) is 5.10 Å². The zero-order valence-corrected chi connectivity index (χ0v) is 19.6. The lowest BCUT2D eigenvalue weighted by Gasteiger charge is -2.10. The fourth-order valence-corrected chi connectivity index (χ4v) is 4.27. The molecule has 10 heteroatoms. The summed E-state index contributed by atoms with van der Waals surface area (Å²) in [5.41, 5.74) is 2.03. The molecular formula is C24H22N4O5S. The van der Waals surface area contributed by atoms with Crippen molar-refractivity contribution in [2.75, 3.05) is 19.0 Å². The van der Waals surface area contributed by atoms with E-state index in [-0.39, 0.29) is 18.7 Å². The molecule has 4 aromatic rings. The molecule has 0 atom stereocenters. The van der Waals surface area contributed by atoms with Crippen molar-refractivity contribution in [3.8, 4) is 17.0 Å². The summed E-state index contributed by atoms with van der Waals surface area (Å²) in [7, 11) is 1.58. The predicted molar refractivity (Wildman–Crippen MR) is 129 cm³/mol. The number of carbonyl (C=O) groups is 2. The number of nitrogens with one attached hydrogen (secondary N) is 1. The summed E-state index contributed by atoms with van der Waals surface area (Å²) in [4.78, 5) is 41.8. The molecule has 0 bridgehead atoms. The number of aryl methyl sites for hydroxylation is 1. The normalized spacial score (nSPS) is 10.8. The lowest BCUT2D eigenvalue weighted by molar-refractivity contribution is -0.117. The van der Waals surface area contributed by atoms with Crippen molar-refractivity contribution in [1.29, 1.82) is 0 Å². The Bertz CT molecular complexity index is 1410. The van der Waals surface area contributed by atoms with Crippen LogP contribution in [-0.4, -0.2) is 40.4 Å². The van der Waals surface area contributed by atoms with Crippen LogP contribution in [0.2, 0.25) is 0 Å². The fourth-order valence-electron chi connectivity index (χ4n) is 3.35. The number of nitrogens with zero attached hydrogens (tertiary/aromatic N) is 3. The second-order valence-electron chi connectivity index (χ2n) is 7.30. The van der Waals surface area contributed by atoms with Gasteiger partial charge < -0.3 is 14.8 Å². The first-order chi connectivity index (χ1) is 16.4. The van der Waals surface area contributed by atoms with E-state index in [9.17, 15) is 14.4 Å². The molecule has 1 amide bonds. The third-order valence-electron chi connectivity index (χ3n) is 4.94. The third kappa shape index (κ3) is 4.81. The summed E-state index contributed by atoms with van der Waals surface area (Å²) in [6.45, 7) is 3.53. The number of anilines is 1. The highest BCUT2D eigenvalue weighted by Gasteiger charge is 2.18. The van der Waals surface area contributed by atoms with Gasteiger partial charge in [0, 0.05) is 11.3 Å². The van der Waals surface area contributed by atoms with Gasteiger partial charge in [-0.05, 0) is 62.4 Å². The highest BCUT2D eigenvalue weighted by molar-refractivity contribution is 7.19. The monoisotopic (exact) mass is 478 g/mol. The van der Waals surface area contributed by atoms with Crippen LogP contribution in [-0.2, 0) is 16.1 Å². The molecule has 0 spiro atoms. The van der Waals surface area contributed by atoms with Crippen LogP contribution in [0.3, 0.4) is 0 Å². The van der Waals surface area contributed by atoms with E-state index in [0.717, 1.165) is 15.3 Å². The number of thiazole rings is 1. The first-order valence-electron chi connectivity index (χ1n) is 10.5. The van der Waals surface area contributed by atoms with Crippen LogP contribution >= 0.6 is 11.3 Å². The van der Waals surface area contributed by atoms with Crippen molar-refractivity contribution >= 4 is 39.1 Å². The van der Waals surface area contributed by atoms with Gasteiger partial charge in [0.25, 0.3) is 5.56 Å². The Hall–Kier alpha value is -4.05. The van der Waals surface area contributed by atoms with Gasteiger partial charge >= 0.3 is 5.97 Å². The zero-order chi connectivity index (χ0) is 24.2. The lowest BCUT2D eigenvalue weighted by atomic mass is 10.1. The van der Waals surface area contributed by atoms with E-state index in [1.54, 1.807) is 50.4 Å². The Kier molecular flexibility index (Phi) is 6.69. The molecule has 0 fully saturated rings. The van der Waals surface area contributed by atoms with Gasteiger partial charge in [-0.15, -0.1) is 11.3 Å². The molecule has 2 aromatic carbocycles. The van der Waals surface area contributed by atoms with Crippen molar-refractivity contribution in [3.63, 3.8) is 0 Å². The van der Waals surface area contributed by atoms with E-state index in [4.69, 9.17) is 9.47 Å². The molecule has 0 saturated heterocycles. The van der Waals surface area contributed by atoms with E-state index in [1.165, 1.54) is 11.3 Å². The number of esters is 1. The maximum atomic E-state index is 13.0. The van der Waals surface area contributed by atoms with Gasteiger partial charge in [0.05, 0.1) is 29.0 Å². The number of benzene rings is 2. The SMILES string of the molecule is CCOC(=O)c1ccc(NC(=O)Cn2nc(-c3ccc(OC)cc3)c3sc(C)nc3c2=O)cc1. The van der Waals surface area contributed by atoms with Crippen molar-refractivity contribution in [2.24, 2.45) is 0 Å². The van der Waals surface area contributed by atoms with E-state index in [2.05, 4.69) is 15.4 Å². The van der Waals surface area contributed by atoms with E-state index in [0.29, 0.717) is 27.4 Å². The molecular weight excluding hydrogens is 456 g/mol. The minimum absolute atomic E-state index is 0.273. The molecule has 34 heavy (non-hydrogen) atoms. The number of fused-ring (bicyclic) bond motifs is 1. The van der Waals surface area contributed by atoms with E-state index < -0.39 is 17.4 Å². The number of ether oxygens (including phenoxy) is 2. The average Bonchev–Trinajstić information content (AvgIpc) is 3.23. The molecule has 1 N–H and O–H groups in total. The molecule has 0 aliphatic carbocycles. The molecule has 0 aliphatic rings. The second-order valence-corrected chi connectivity index (χ2v) is 8.50. The van der Waals surface area contributed by atoms with E-state index >= 15 is 0 Å². The maximum Gasteiger partial charge on any atom is 0.338 e. The lowest BCUT2D eigenvalue weighted by Crippen LogP contribution is -2.30. The summed E-state index contributed by atoms with van der Waals surface area (Å²) in [5, 5.41) is 7.94. The number of amides is 1. The van der Waals surface area contributed by atoms with E-state index in [1.807, 2.05) is 19.1 Å². The van der Waals surface area contributed by atoms with Gasteiger partial charge in [0.1, 0.15) is 18.0 Å². The molecule has 0 aliphatic heterocycles. The van der Waals surface area contributed by atoms with Gasteiger partial charge in [0.15, 0.2) is 5.52 Å². The van der Waals surface area contributed by atoms with Gasteiger partial charge in [-0.25, -0.2) is 14.5 Å². The summed E-state index contributed by atoms with van der Waals surface area (Å²) >= 11 is 1.38. The van der Waals surface area contributed by atoms with Crippen LogP contribution in [0.4, 0.5) is 5.69 Å². The highest BCUT2D eigenvalue weighted by atomic mass is 32.1. The number of rotatable bonds is 7. The summed E-state index contributed by atoms with van der Waals surface area (Å²) < 4.78 is 12.0. The topological polar surface area (TPSA) is 112 Å². The Morgan fingerprint density at radius 1 is 1.09 bits per heavy atom. The Morgan fingerprint density at radius 3 is 2.44 bits per heavy atom. The Labute approximate surface area is 199 Å². The Morgan fingerprint density at radius 2 is 1.79 bits per heavy atom. The minimum atomic E-state index is -0.440. The van der Waals surface area contributed by atoms with Crippen molar-refractivity contribution in [2.45, 2.75) is 20.4 Å². The maximum absolute atomic E-state index is 13.0. The smallest absolute Gasteiger partial charge is 0.338 e. The van der Waals surface area contributed by atoms with Gasteiger partial charge in [-0.3, -0.25) is 9.59 Å². The van der Waals surface area contributed by atoms with Crippen LogP contribution in [0.15, 0.2) is 53.3 Å². The van der Waals surface area contributed by atoms with Gasteiger partial charge in [-0.1, -0.05) is 0 Å². The largest absolute Gasteiger partial charge is 0.497 e. The third-order valence-corrected chi connectivity index (χ3v) is 5.92. The summed E-state index contributed by atoms with van der Waals surface area (Å²) in [6.07, 6.45) is 0. The molecule has 9 nitrogen and oxygen atoms in total. The van der Waals surface area contributed by atoms with Crippen molar-refractivity contribution < 1.29 is 19.1 Å². The summed E-state index contributed by atoms with van der Waals surface area (Å²) in [5.74, 6) is -0.179. The van der Waals surface area contributed by atoms with Crippen LogP contribution in [0, 0.1) is 6.92 Å². The molecule has 2 heterocycles. The van der Waals surface area contributed by atoms with Crippen LogP contribution < -0.4 is 15.6 Å². The molecule has 0 radical (unpaired) electrons. The first kappa shape index (κ1) is 23.1. The highest BCUT2D eigenvalue weighted by Crippen LogP contribution is 2.30. The van der Waals surface area contributed by atoms with Gasteiger partial charge in [0.2, 0.25) is 5.91 Å². The van der Waals surface area contributed by atoms with Crippen LogP contribution in [0.5, 0.6) is 5.75 Å². The number of hydrogen-bond donors (Lipinski definition) is 1. The number of hydrogen-bond acceptors (Lipinski definition) is 8. The zero-order valence-electron chi connectivity index (χ0n) is 18.8. The average molecular weight is 479 g/mol. The Balaban J connectivity index is 1.61. The van der Waals surface area contributed by atoms with Crippen molar-refractivity contribution in [3.05, 3.63) is 69.5 Å². The molecule has 4 rings (SSSR count). The number of aromatic nitrogens is 3. The summed E-state index contributed by atoms with van der Waals surface area (Å²) in [6, 6.07) is 13.6. The first-order valence-corrected chi connectivity index (χ1v) is 11.3. The molecule has 0 saturated carbocycles.